The van der Waals surface area contributed by atoms with Gasteiger partial charge in [0.05, 0.1) is 16.1 Å². The number of nitrogens with one attached hydrogen (secondary N) is 3. The highest BCUT2D eigenvalue weighted by Crippen LogP contribution is 2.21. The van der Waals surface area contributed by atoms with Crippen LogP contribution in [0.5, 0.6) is 0 Å². The summed E-state index contributed by atoms with van der Waals surface area (Å²) in [5.74, 6) is -0.315. The monoisotopic (exact) mass is 278 g/mol. The van der Waals surface area contributed by atoms with Gasteiger partial charge in [0, 0.05) is 24.7 Å². The number of aromatic amines is 1. The van der Waals surface area contributed by atoms with Gasteiger partial charge in [0.2, 0.25) is 5.91 Å². The Morgan fingerprint density at radius 2 is 2.21 bits per heavy atom. The Morgan fingerprint density at radius 1 is 1.42 bits per heavy atom. The number of thiophene rings is 1. The van der Waals surface area contributed by atoms with Crippen LogP contribution < -0.4 is 10.6 Å². The molecule has 0 saturated carbocycles. The smallest absolute Gasteiger partial charge is 0.261 e. The molecule has 0 aromatic carbocycles. The van der Waals surface area contributed by atoms with Gasteiger partial charge in [0.15, 0.2) is 0 Å². The number of nitrogens with zero attached hydrogens (tertiary/aromatic N) is 1. The van der Waals surface area contributed by atoms with Gasteiger partial charge in [-0.2, -0.15) is 5.10 Å². The first-order chi connectivity index (χ1) is 9.06. The van der Waals surface area contributed by atoms with E-state index in [1.165, 1.54) is 18.3 Å². The van der Waals surface area contributed by atoms with E-state index >= 15 is 0 Å². The lowest BCUT2D eigenvalue weighted by atomic mass is 10.2. The lowest BCUT2D eigenvalue weighted by Gasteiger charge is -2.02. The van der Waals surface area contributed by atoms with Crippen LogP contribution in [0, 0.1) is 6.92 Å². The Hall–Kier alpha value is -2.15. The Morgan fingerprint density at radius 3 is 2.84 bits per heavy atom. The summed E-state index contributed by atoms with van der Waals surface area (Å²) < 4.78 is 0. The van der Waals surface area contributed by atoms with Crippen molar-refractivity contribution < 1.29 is 9.59 Å². The fourth-order valence-electron chi connectivity index (χ4n) is 1.52. The lowest BCUT2D eigenvalue weighted by Crippen LogP contribution is -2.21. The van der Waals surface area contributed by atoms with Crippen molar-refractivity contribution in [2.45, 2.75) is 20.4 Å². The van der Waals surface area contributed by atoms with E-state index in [0.29, 0.717) is 16.4 Å². The van der Waals surface area contributed by atoms with Crippen LogP contribution in [0.3, 0.4) is 0 Å². The zero-order chi connectivity index (χ0) is 13.8. The summed E-state index contributed by atoms with van der Waals surface area (Å²) in [5, 5.41) is 12.8. The molecule has 0 saturated heterocycles. The van der Waals surface area contributed by atoms with Crippen LogP contribution in [-0.4, -0.2) is 22.0 Å². The van der Waals surface area contributed by atoms with Crippen molar-refractivity contribution in [3.63, 3.8) is 0 Å². The number of carbonyl (C=O) groups is 2. The maximum atomic E-state index is 11.9. The number of H-pyrrole nitrogens is 1. The van der Waals surface area contributed by atoms with E-state index in [9.17, 15) is 9.59 Å². The fourth-order valence-corrected chi connectivity index (χ4v) is 2.39. The number of aryl methyl sites for hydroxylation is 1. The zero-order valence-electron chi connectivity index (χ0n) is 10.6. The van der Waals surface area contributed by atoms with Gasteiger partial charge < -0.3 is 10.6 Å². The molecule has 7 heteroatoms. The van der Waals surface area contributed by atoms with E-state index in [1.54, 1.807) is 18.3 Å². The van der Waals surface area contributed by atoms with Gasteiger partial charge in [-0.05, 0) is 19.1 Å². The van der Waals surface area contributed by atoms with Crippen molar-refractivity contribution in [1.82, 2.24) is 15.5 Å². The molecule has 0 aliphatic rings. The molecule has 0 spiro atoms. The minimum absolute atomic E-state index is 0.150. The van der Waals surface area contributed by atoms with E-state index in [1.807, 2.05) is 6.92 Å². The molecule has 6 nitrogen and oxygen atoms in total. The molecule has 0 aliphatic carbocycles. The van der Waals surface area contributed by atoms with Gasteiger partial charge >= 0.3 is 0 Å². The van der Waals surface area contributed by atoms with E-state index in [-0.39, 0.29) is 11.8 Å². The first kappa shape index (κ1) is 13.3. The molecule has 2 aromatic heterocycles. The highest BCUT2D eigenvalue weighted by atomic mass is 32.1. The molecule has 2 amide bonds. The quantitative estimate of drug-likeness (QED) is 0.795. The maximum absolute atomic E-state index is 11.9. The van der Waals surface area contributed by atoms with E-state index < -0.39 is 0 Å². The third-order valence-electron chi connectivity index (χ3n) is 2.50. The number of hydrogen-bond donors (Lipinski definition) is 3. The number of rotatable bonds is 4. The molecule has 19 heavy (non-hydrogen) atoms. The number of hydrogen-bond acceptors (Lipinski definition) is 4. The van der Waals surface area contributed by atoms with Crippen LogP contribution in [0.2, 0.25) is 0 Å². The van der Waals surface area contributed by atoms with Gasteiger partial charge in [-0.3, -0.25) is 14.7 Å². The summed E-state index contributed by atoms with van der Waals surface area (Å²) in [5.41, 5.74) is 1.89. The standard InChI is InChI=1S/C12H14N4O2S/c1-7-9(6-14-16-7)5-13-12(18)10-3-4-11(19-10)15-8(2)17/h3-4,6H,5H2,1-2H3,(H,13,18)(H,14,16)(H,15,17). The van der Waals surface area contributed by atoms with Crippen LogP contribution in [0.1, 0.15) is 27.9 Å². The van der Waals surface area contributed by atoms with Gasteiger partial charge in [-0.15, -0.1) is 11.3 Å². The minimum atomic E-state index is -0.165. The van der Waals surface area contributed by atoms with Gasteiger partial charge in [0.1, 0.15) is 0 Å². The summed E-state index contributed by atoms with van der Waals surface area (Å²) in [4.78, 5) is 23.4. The summed E-state index contributed by atoms with van der Waals surface area (Å²) in [6, 6.07) is 3.40. The lowest BCUT2D eigenvalue weighted by molar-refractivity contribution is -0.114. The Kier molecular flexibility index (Phi) is 3.96. The van der Waals surface area contributed by atoms with Crippen molar-refractivity contribution >= 4 is 28.2 Å². The maximum Gasteiger partial charge on any atom is 0.261 e. The van der Waals surface area contributed by atoms with Crippen molar-refractivity contribution in [3.05, 3.63) is 34.5 Å². The topological polar surface area (TPSA) is 86.9 Å². The summed E-state index contributed by atoms with van der Waals surface area (Å²) in [6.45, 7) is 3.75. The number of carbonyl (C=O) groups excluding carboxylic acids is 2. The second-order valence-electron chi connectivity index (χ2n) is 4.05. The molecule has 0 bridgehead atoms. The molecule has 2 aromatic rings. The Labute approximate surface area is 114 Å². The van der Waals surface area contributed by atoms with Crippen LogP contribution in [0.25, 0.3) is 0 Å². The van der Waals surface area contributed by atoms with Gasteiger partial charge in [-0.25, -0.2) is 0 Å². The molecular weight excluding hydrogens is 264 g/mol. The summed E-state index contributed by atoms with van der Waals surface area (Å²) >= 11 is 1.24. The van der Waals surface area contributed by atoms with Crippen LogP contribution in [0.15, 0.2) is 18.3 Å². The van der Waals surface area contributed by atoms with Crippen molar-refractivity contribution in [2.24, 2.45) is 0 Å². The average Bonchev–Trinajstić information content (AvgIpc) is 2.95. The molecular formula is C12H14N4O2S. The molecule has 0 radical (unpaired) electrons. The summed E-state index contributed by atoms with van der Waals surface area (Å²) in [6.07, 6.45) is 1.69. The fraction of sp³-hybridized carbons (Fsp3) is 0.250. The van der Waals surface area contributed by atoms with Crippen molar-refractivity contribution in [3.8, 4) is 0 Å². The normalized spacial score (nSPS) is 10.2. The molecule has 0 aliphatic heterocycles. The van der Waals surface area contributed by atoms with Crippen LogP contribution >= 0.6 is 11.3 Å². The predicted molar refractivity (Wildman–Crippen MR) is 73.1 cm³/mol. The third kappa shape index (κ3) is 3.41. The Bertz CT molecular complexity index is 602. The number of amides is 2. The number of aromatic nitrogens is 2. The number of anilines is 1. The SMILES string of the molecule is CC(=O)Nc1ccc(C(=O)NCc2cn[nH]c2C)s1. The molecule has 3 N–H and O–H groups in total. The Balaban J connectivity index is 1.94. The molecule has 2 rings (SSSR count). The van der Waals surface area contributed by atoms with Gasteiger partial charge in [-0.1, -0.05) is 0 Å². The predicted octanol–water partition coefficient (Wildman–Crippen LogP) is 1.67. The molecule has 0 fully saturated rings. The highest BCUT2D eigenvalue weighted by Gasteiger charge is 2.10. The van der Waals surface area contributed by atoms with Crippen molar-refractivity contribution in [2.75, 3.05) is 5.32 Å². The molecule has 0 unspecified atom stereocenters. The third-order valence-corrected chi connectivity index (χ3v) is 3.50. The molecule has 2 heterocycles. The zero-order valence-corrected chi connectivity index (χ0v) is 11.4. The molecule has 0 atom stereocenters. The largest absolute Gasteiger partial charge is 0.347 e. The highest BCUT2D eigenvalue weighted by molar-refractivity contribution is 7.18. The van der Waals surface area contributed by atoms with Gasteiger partial charge in [0.25, 0.3) is 5.91 Å². The summed E-state index contributed by atoms with van der Waals surface area (Å²) in [7, 11) is 0. The average molecular weight is 278 g/mol. The van der Waals surface area contributed by atoms with Crippen LogP contribution in [-0.2, 0) is 11.3 Å². The van der Waals surface area contributed by atoms with Crippen LogP contribution in [0.4, 0.5) is 5.00 Å². The van der Waals surface area contributed by atoms with E-state index in [2.05, 4.69) is 20.8 Å². The first-order valence-corrected chi connectivity index (χ1v) is 6.52. The minimum Gasteiger partial charge on any atom is -0.347 e. The van der Waals surface area contributed by atoms with Crippen molar-refractivity contribution in [1.29, 1.82) is 0 Å². The van der Waals surface area contributed by atoms with E-state index in [0.717, 1.165) is 11.3 Å². The second kappa shape index (κ2) is 5.66. The second-order valence-corrected chi connectivity index (χ2v) is 5.13. The first-order valence-electron chi connectivity index (χ1n) is 5.70. The van der Waals surface area contributed by atoms with E-state index in [4.69, 9.17) is 0 Å². The molecule has 100 valence electrons.